The van der Waals surface area contributed by atoms with Crippen LogP contribution >= 0.6 is 27.5 Å². The number of halogens is 2. The molecular formula is C13H13BrClN3O. The standard InChI is InChI=1S/C13H13BrClN3O/c14-12-6-9(15)8-18-13(12)17-4-5-19-11-3-1-2-10(16)7-11/h1-3,6-8H,4-5,16H2,(H,17,18). The van der Waals surface area contributed by atoms with Gasteiger partial charge in [-0.2, -0.15) is 0 Å². The van der Waals surface area contributed by atoms with Crippen LogP contribution in [-0.2, 0) is 0 Å². The minimum Gasteiger partial charge on any atom is -0.492 e. The third-order valence-electron chi connectivity index (χ3n) is 2.33. The fourth-order valence-corrected chi connectivity index (χ4v) is 2.27. The van der Waals surface area contributed by atoms with E-state index in [0.29, 0.717) is 23.9 Å². The molecule has 0 radical (unpaired) electrons. The summed E-state index contributed by atoms with van der Waals surface area (Å²) in [6, 6.07) is 9.12. The summed E-state index contributed by atoms with van der Waals surface area (Å²) >= 11 is 9.20. The maximum absolute atomic E-state index is 5.82. The molecule has 0 saturated carbocycles. The average molecular weight is 343 g/mol. The van der Waals surface area contributed by atoms with Crippen LogP contribution in [0.4, 0.5) is 11.5 Å². The number of nitrogen functional groups attached to an aromatic ring is 1. The number of rotatable bonds is 5. The molecular weight excluding hydrogens is 330 g/mol. The highest BCUT2D eigenvalue weighted by atomic mass is 79.9. The van der Waals surface area contributed by atoms with E-state index in [9.17, 15) is 0 Å². The zero-order valence-corrected chi connectivity index (χ0v) is 12.4. The second-order valence-electron chi connectivity index (χ2n) is 3.83. The molecule has 1 aromatic heterocycles. The van der Waals surface area contributed by atoms with E-state index in [0.717, 1.165) is 16.0 Å². The molecule has 4 nitrogen and oxygen atoms in total. The monoisotopic (exact) mass is 341 g/mol. The number of nitrogens with two attached hydrogens (primary N) is 1. The van der Waals surface area contributed by atoms with Crippen LogP contribution in [0.2, 0.25) is 5.02 Å². The molecule has 19 heavy (non-hydrogen) atoms. The topological polar surface area (TPSA) is 60.2 Å². The molecule has 0 fully saturated rings. The summed E-state index contributed by atoms with van der Waals surface area (Å²) in [5.41, 5.74) is 6.35. The van der Waals surface area contributed by atoms with Gasteiger partial charge in [0.1, 0.15) is 18.2 Å². The number of hydrogen-bond donors (Lipinski definition) is 2. The second-order valence-corrected chi connectivity index (χ2v) is 5.12. The highest BCUT2D eigenvalue weighted by molar-refractivity contribution is 9.10. The number of aromatic nitrogens is 1. The average Bonchev–Trinajstić information content (AvgIpc) is 2.37. The van der Waals surface area contributed by atoms with Crippen molar-refractivity contribution in [3.8, 4) is 5.75 Å². The summed E-state index contributed by atoms with van der Waals surface area (Å²) < 4.78 is 6.38. The van der Waals surface area contributed by atoms with Crippen molar-refractivity contribution in [1.29, 1.82) is 0 Å². The molecule has 0 saturated heterocycles. The highest BCUT2D eigenvalue weighted by Gasteiger charge is 2.01. The summed E-state index contributed by atoms with van der Waals surface area (Å²) in [6.45, 7) is 1.14. The molecule has 100 valence electrons. The Kier molecular flexibility index (Phi) is 4.87. The van der Waals surface area contributed by atoms with Crippen molar-refractivity contribution in [2.24, 2.45) is 0 Å². The number of pyridine rings is 1. The Hall–Kier alpha value is -1.46. The summed E-state index contributed by atoms with van der Waals surface area (Å²) in [6.07, 6.45) is 1.59. The van der Waals surface area contributed by atoms with Gasteiger partial charge in [-0.3, -0.25) is 0 Å². The Morgan fingerprint density at radius 2 is 2.21 bits per heavy atom. The number of benzene rings is 1. The zero-order valence-electron chi connectivity index (χ0n) is 10.1. The second kappa shape index (κ2) is 6.63. The zero-order chi connectivity index (χ0) is 13.7. The van der Waals surface area contributed by atoms with Crippen LogP contribution in [0.5, 0.6) is 5.75 Å². The Bertz CT molecular complexity index is 565. The summed E-state index contributed by atoms with van der Waals surface area (Å²) in [4.78, 5) is 4.17. The Balaban J connectivity index is 1.81. The first kappa shape index (κ1) is 14.0. The first-order chi connectivity index (χ1) is 9.15. The lowest BCUT2D eigenvalue weighted by molar-refractivity contribution is 0.333. The molecule has 2 rings (SSSR count). The van der Waals surface area contributed by atoms with Crippen LogP contribution in [0.15, 0.2) is 41.0 Å². The van der Waals surface area contributed by atoms with E-state index < -0.39 is 0 Å². The molecule has 0 aliphatic rings. The van der Waals surface area contributed by atoms with Crippen LogP contribution < -0.4 is 15.8 Å². The van der Waals surface area contributed by atoms with Crippen LogP contribution in [0.1, 0.15) is 0 Å². The van der Waals surface area contributed by atoms with Crippen molar-refractivity contribution in [2.45, 2.75) is 0 Å². The molecule has 6 heteroatoms. The number of hydrogen-bond acceptors (Lipinski definition) is 4. The van der Waals surface area contributed by atoms with E-state index in [4.69, 9.17) is 22.1 Å². The summed E-state index contributed by atoms with van der Waals surface area (Å²) in [7, 11) is 0. The van der Waals surface area contributed by atoms with Crippen LogP contribution in [-0.4, -0.2) is 18.1 Å². The molecule has 0 aliphatic carbocycles. The Labute approximate surface area is 125 Å². The van der Waals surface area contributed by atoms with Gasteiger partial charge in [0.25, 0.3) is 0 Å². The Morgan fingerprint density at radius 3 is 2.95 bits per heavy atom. The van der Waals surface area contributed by atoms with E-state index in [-0.39, 0.29) is 0 Å². The molecule has 1 aromatic carbocycles. The van der Waals surface area contributed by atoms with Gasteiger partial charge in [-0.1, -0.05) is 17.7 Å². The lowest BCUT2D eigenvalue weighted by Crippen LogP contribution is -2.12. The van der Waals surface area contributed by atoms with Gasteiger partial charge in [0, 0.05) is 18.0 Å². The minimum atomic E-state index is 0.514. The van der Waals surface area contributed by atoms with E-state index in [1.807, 2.05) is 18.2 Å². The normalized spacial score (nSPS) is 10.2. The van der Waals surface area contributed by atoms with Gasteiger partial charge >= 0.3 is 0 Å². The van der Waals surface area contributed by atoms with Crippen molar-refractivity contribution in [3.05, 3.63) is 46.0 Å². The van der Waals surface area contributed by atoms with Crippen molar-refractivity contribution in [1.82, 2.24) is 4.98 Å². The Morgan fingerprint density at radius 1 is 1.37 bits per heavy atom. The molecule has 0 bridgehead atoms. The molecule has 0 atom stereocenters. The van der Waals surface area contributed by atoms with Gasteiger partial charge in [0.15, 0.2) is 0 Å². The SMILES string of the molecule is Nc1cccc(OCCNc2ncc(Cl)cc2Br)c1. The maximum Gasteiger partial charge on any atom is 0.140 e. The van der Waals surface area contributed by atoms with Gasteiger partial charge in [0.2, 0.25) is 0 Å². The van der Waals surface area contributed by atoms with Crippen LogP contribution in [0.3, 0.4) is 0 Å². The van der Waals surface area contributed by atoms with E-state index in [1.54, 1.807) is 18.3 Å². The summed E-state index contributed by atoms with van der Waals surface area (Å²) in [5, 5.41) is 3.74. The first-order valence-electron chi connectivity index (χ1n) is 5.68. The molecule has 3 N–H and O–H groups in total. The number of nitrogens with one attached hydrogen (secondary N) is 1. The van der Waals surface area contributed by atoms with E-state index in [2.05, 4.69) is 26.2 Å². The number of nitrogens with zero attached hydrogens (tertiary/aromatic N) is 1. The van der Waals surface area contributed by atoms with Crippen molar-refractivity contribution >= 4 is 39.0 Å². The quantitative estimate of drug-likeness (QED) is 0.644. The maximum atomic E-state index is 5.82. The molecule has 0 amide bonds. The van der Waals surface area contributed by atoms with Gasteiger partial charge in [-0.25, -0.2) is 4.98 Å². The van der Waals surface area contributed by atoms with Gasteiger partial charge < -0.3 is 15.8 Å². The van der Waals surface area contributed by atoms with Gasteiger partial charge in [-0.05, 0) is 34.1 Å². The smallest absolute Gasteiger partial charge is 0.140 e. The predicted octanol–water partition coefficient (Wildman–Crippen LogP) is 3.57. The fraction of sp³-hybridized carbons (Fsp3) is 0.154. The highest BCUT2D eigenvalue weighted by Crippen LogP contribution is 2.22. The van der Waals surface area contributed by atoms with Crippen molar-refractivity contribution < 1.29 is 4.74 Å². The molecule has 1 heterocycles. The van der Waals surface area contributed by atoms with Crippen LogP contribution in [0, 0.1) is 0 Å². The fourth-order valence-electron chi connectivity index (χ4n) is 1.49. The van der Waals surface area contributed by atoms with E-state index >= 15 is 0 Å². The molecule has 0 unspecified atom stereocenters. The van der Waals surface area contributed by atoms with Crippen LogP contribution in [0.25, 0.3) is 0 Å². The predicted molar refractivity (Wildman–Crippen MR) is 81.8 cm³/mol. The lowest BCUT2D eigenvalue weighted by atomic mass is 10.3. The largest absolute Gasteiger partial charge is 0.492 e. The molecule has 2 aromatic rings. The number of anilines is 2. The minimum absolute atomic E-state index is 0.514. The van der Waals surface area contributed by atoms with Gasteiger partial charge in [0.05, 0.1) is 16.0 Å². The van der Waals surface area contributed by atoms with Gasteiger partial charge in [-0.15, -0.1) is 0 Å². The van der Waals surface area contributed by atoms with E-state index in [1.165, 1.54) is 0 Å². The lowest BCUT2D eigenvalue weighted by Gasteiger charge is -2.09. The summed E-state index contributed by atoms with van der Waals surface area (Å²) in [5.74, 6) is 1.49. The third kappa shape index (κ3) is 4.29. The molecule has 0 aliphatic heterocycles. The number of ether oxygens (including phenoxy) is 1. The van der Waals surface area contributed by atoms with Crippen molar-refractivity contribution in [2.75, 3.05) is 24.2 Å². The van der Waals surface area contributed by atoms with Crippen molar-refractivity contribution in [3.63, 3.8) is 0 Å². The molecule has 0 spiro atoms. The first-order valence-corrected chi connectivity index (χ1v) is 6.85. The third-order valence-corrected chi connectivity index (χ3v) is 3.14.